The van der Waals surface area contributed by atoms with Crippen molar-refractivity contribution in [3.63, 3.8) is 0 Å². The van der Waals surface area contributed by atoms with Crippen molar-refractivity contribution in [2.45, 2.75) is 18.3 Å². The lowest BCUT2D eigenvalue weighted by Gasteiger charge is -2.54. The average molecular weight is 706 g/mol. The van der Waals surface area contributed by atoms with E-state index in [0.29, 0.717) is 22.3 Å². The van der Waals surface area contributed by atoms with Crippen LogP contribution in [0, 0.1) is 29.6 Å². The molecule has 4 aromatic carbocycles. The minimum atomic E-state index is -1.79. The van der Waals surface area contributed by atoms with Crippen LogP contribution in [0.3, 0.4) is 0 Å². The number of ketones is 2. The second-order valence-corrected chi connectivity index (χ2v) is 14.1. The van der Waals surface area contributed by atoms with E-state index in [1.807, 2.05) is 66.8 Å². The first-order valence-electron chi connectivity index (χ1n) is 17.7. The second kappa shape index (κ2) is 13.3. The highest BCUT2D eigenvalue weighted by Crippen LogP contribution is 2.61. The van der Waals surface area contributed by atoms with Crippen molar-refractivity contribution in [2.75, 3.05) is 12.0 Å². The number of nitrogens with zero attached hydrogens (tertiary/aromatic N) is 1. The Morgan fingerprint density at radius 3 is 2.30 bits per heavy atom. The Kier molecular flexibility index (Phi) is 8.59. The summed E-state index contributed by atoms with van der Waals surface area (Å²) in [6.45, 7) is 0. The summed E-state index contributed by atoms with van der Waals surface area (Å²) in [5.41, 5.74) is 2.15. The molecule has 6 unspecified atom stereocenters. The van der Waals surface area contributed by atoms with Gasteiger partial charge in [0.2, 0.25) is 11.8 Å². The van der Waals surface area contributed by atoms with Crippen molar-refractivity contribution in [3.05, 3.63) is 144 Å². The van der Waals surface area contributed by atoms with E-state index in [9.17, 15) is 24.7 Å². The van der Waals surface area contributed by atoms with Crippen LogP contribution >= 0.6 is 0 Å². The van der Waals surface area contributed by atoms with E-state index in [1.54, 1.807) is 36.4 Å². The van der Waals surface area contributed by atoms with E-state index in [4.69, 9.17) is 4.74 Å². The van der Waals surface area contributed by atoms with Gasteiger partial charge in [-0.15, -0.1) is 0 Å². The molecule has 6 atom stereocenters. The van der Waals surface area contributed by atoms with Crippen LogP contribution in [-0.2, 0) is 24.6 Å². The zero-order chi connectivity index (χ0) is 37.0. The van der Waals surface area contributed by atoms with E-state index >= 15 is 9.59 Å². The Morgan fingerprint density at radius 1 is 0.849 bits per heavy atom. The maximum atomic E-state index is 15.1. The summed E-state index contributed by atoms with van der Waals surface area (Å²) in [6, 6.07) is 29.4. The Balaban J connectivity index is 1.31. The van der Waals surface area contributed by atoms with E-state index < -0.39 is 48.0 Å². The standard InChI is InChI=1S/C43H36BNO8/c1-53-37-21-25(16-20-36(37)46)15-19-34-30-17-18-31-39(42(50)45(41(31)49)29-14-8-13-28(22-29)44(51)52)33(30)23-35-40(48)32(26-9-4-2-5-10-26)24-38(47)43(34,35)27-11-6-3-7-12-27/h2-17,19-22,24,31,33-35,39,46,51-52H,18,23H2,1H3. The molecule has 0 aromatic heterocycles. The number of aromatic hydroxyl groups is 1. The number of ether oxygens (including phenoxy) is 1. The molecular weight excluding hydrogens is 669 g/mol. The third-order valence-electron chi connectivity index (χ3n) is 11.5. The number of phenols is 1. The van der Waals surface area contributed by atoms with Gasteiger partial charge in [-0.25, -0.2) is 0 Å². The summed E-state index contributed by atoms with van der Waals surface area (Å²) < 4.78 is 5.36. The SMILES string of the molecule is COc1cc(C=CC2C3=CCC4C(=O)N(c5cccc(B(O)O)c5)C(=O)C4C3CC3C(=O)C(c4ccccc4)=CC(=O)C23c2ccccc2)ccc1O. The lowest BCUT2D eigenvalue weighted by molar-refractivity contribution is -0.135. The van der Waals surface area contributed by atoms with Gasteiger partial charge in [-0.3, -0.25) is 24.1 Å². The zero-order valence-electron chi connectivity index (χ0n) is 28.8. The van der Waals surface area contributed by atoms with Gasteiger partial charge in [-0.05, 0) is 71.3 Å². The molecule has 4 aromatic rings. The molecule has 1 saturated carbocycles. The van der Waals surface area contributed by atoms with Crippen LogP contribution in [-0.4, -0.2) is 52.8 Å². The van der Waals surface area contributed by atoms with Gasteiger partial charge in [0, 0.05) is 17.4 Å². The lowest BCUT2D eigenvalue weighted by atomic mass is 9.45. The molecule has 0 spiro atoms. The van der Waals surface area contributed by atoms with Crippen molar-refractivity contribution in [1.29, 1.82) is 0 Å². The van der Waals surface area contributed by atoms with Gasteiger partial charge < -0.3 is 19.9 Å². The number of carbonyl (C=O) groups is 4. The Morgan fingerprint density at radius 2 is 1.58 bits per heavy atom. The fourth-order valence-corrected chi connectivity index (χ4v) is 9.21. The Bertz CT molecular complexity index is 2250. The highest BCUT2D eigenvalue weighted by atomic mass is 16.5. The summed E-state index contributed by atoms with van der Waals surface area (Å²) >= 11 is 0. The number of carbonyl (C=O) groups excluding carboxylic acids is 4. The topological polar surface area (TPSA) is 141 Å². The molecule has 10 heteroatoms. The van der Waals surface area contributed by atoms with Crippen molar-refractivity contribution in [3.8, 4) is 11.5 Å². The number of imide groups is 1. The minimum Gasteiger partial charge on any atom is -0.504 e. The second-order valence-electron chi connectivity index (χ2n) is 14.1. The summed E-state index contributed by atoms with van der Waals surface area (Å²) in [5, 5.41) is 29.9. The van der Waals surface area contributed by atoms with Gasteiger partial charge in [0.25, 0.3) is 0 Å². The van der Waals surface area contributed by atoms with E-state index in [1.165, 1.54) is 31.4 Å². The maximum absolute atomic E-state index is 15.1. The number of amides is 2. The van der Waals surface area contributed by atoms with E-state index in [0.717, 1.165) is 10.5 Å². The highest BCUT2D eigenvalue weighted by Gasteiger charge is 2.65. The predicted octanol–water partition coefficient (Wildman–Crippen LogP) is 4.66. The molecule has 3 N–H and O–H groups in total. The molecule has 2 fully saturated rings. The molecule has 0 bridgehead atoms. The molecule has 0 radical (unpaired) electrons. The molecule has 1 aliphatic heterocycles. The molecule has 8 rings (SSSR count). The van der Waals surface area contributed by atoms with Gasteiger partial charge in [-0.2, -0.15) is 0 Å². The summed E-state index contributed by atoms with van der Waals surface area (Å²) in [5.74, 6) is -4.63. The molecule has 264 valence electrons. The summed E-state index contributed by atoms with van der Waals surface area (Å²) in [6.07, 6.45) is 7.64. The van der Waals surface area contributed by atoms with Crippen LogP contribution in [0.5, 0.6) is 11.5 Å². The van der Waals surface area contributed by atoms with Crippen LogP contribution in [0.25, 0.3) is 11.6 Å². The largest absolute Gasteiger partial charge is 0.504 e. The summed E-state index contributed by atoms with van der Waals surface area (Å²) in [7, 11) is -0.327. The third-order valence-corrected chi connectivity index (χ3v) is 11.5. The predicted molar refractivity (Wildman–Crippen MR) is 200 cm³/mol. The molecule has 53 heavy (non-hydrogen) atoms. The fraction of sp³-hybridized carbons (Fsp3) is 0.209. The number of hydrogen-bond donors (Lipinski definition) is 3. The average Bonchev–Trinajstić information content (AvgIpc) is 3.44. The lowest BCUT2D eigenvalue weighted by Crippen LogP contribution is -2.59. The first kappa shape index (κ1) is 34.3. The highest BCUT2D eigenvalue weighted by molar-refractivity contribution is 6.58. The molecule has 2 amide bonds. The van der Waals surface area contributed by atoms with Gasteiger partial charge in [-0.1, -0.05) is 103 Å². The number of hydrogen-bond acceptors (Lipinski definition) is 8. The number of allylic oxidation sites excluding steroid dienone is 5. The number of anilines is 1. The van der Waals surface area contributed by atoms with Crippen LogP contribution in [0.1, 0.15) is 29.5 Å². The first-order chi connectivity index (χ1) is 25.6. The van der Waals surface area contributed by atoms with Crippen molar-refractivity contribution in [2.24, 2.45) is 29.6 Å². The van der Waals surface area contributed by atoms with Crippen LogP contribution < -0.4 is 15.1 Å². The molecule has 9 nitrogen and oxygen atoms in total. The Labute approximate surface area is 306 Å². The zero-order valence-corrected chi connectivity index (χ0v) is 28.8. The van der Waals surface area contributed by atoms with Gasteiger partial charge in [0.15, 0.2) is 23.1 Å². The van der Waals surface area contributed by atoms with Crippen molar-refractivity contribution >= 4 is 53.3 Å². The smallest absolute Gasteiger partial charge is 0.488 e. The number of phenolic OH excluding ortho intramolecular Hbond substituents is 1. The molecule has 1 heterocycles. The van der Waals surface area contributed by atoms with E-state index in [2.05, 4.69) is 0 Å². The van der Waals surface area contributed by atoms with Crippen LogP contribution in [0.15, 0.2) is 127 Å². The van der Waals surface area contributed by atoms with Crippen molar-refractivity contribution in [1.82, 2.24) is 0 Å². The quantitative estimate of drug-likeness (QED) is 0.143. The number of methoxy groups -OCH3 is 1. The first-order valence-corrected chi connectivity index (χ1v) is 17.7. The summed E-state index contributed by atoms with van der Waals surface area (Å²) in [4.78, 5) is 59.8. The Hall–Kier alpha value is -5.84. The van der Waals surface area contributed by atoms with Crippen molar-refractivity contribution < 1.29 is 39.1 Å². The molecule has 1 saturated heterocycles. The van der Waals surface area contributed by atoms with Gasteiger partial charge in [0.05, 0.1) is 30.0 Å². The molecular formula is C43H36BNO8. The third kappa shape index (κ3) is 5.40. The normalized spacial score (nSPS) is 26.5. The number of rotatable bonds is 7. The molecule has 3 aliphatic carbocycles. The number of Topliss-reactive ketones (excluding diaryl/α,β-unsaturated/α-hetero) is 1. The number of fused-ring (bicyclic) bond motifs is 4. The maximum Gasteiger partial charge on any atom is 0.488 e. The van der Waals surface area contributed by atoms with Crippen LogP contribution in [0.4, 0.5) is 5.69 Å². The number of benzene rings is 4. The van der Waals surface area contributed by atoms with Crippen LogP contribution in [0.2, 0.25) is 0 Å². The molecule has 4 aliphatic rings. The van der Waals surface area contributed by atoms with E-state index in [-0.39, 0.29) is 53.0 Å². The van der Waals surface area contributed by atoms with Gasteiger partial charge in [0.1, 0.15) is 0 Å². The minimum absolute atomic E-state index is 0.0242. The monoisotopic (exact) mass is 705 g/mol. The van der Waals surface area contributed by atoms with Gasteiger partial charge >= 0.3 is 7.12 Å². The fourth-order valence-electron chi connectivity index (χ4n) is 9.21.